The number of hydrogen-bond donors (Lipinski definition) is 1. The van der Waals surface area contributed by atoms with E-state index in [0.717, 1.165) is 47.5 Å². The Hall–Kier alpha value is -2.93. The molecule has 0 radical (unpaired) electrons. The van der Waals surface area contributed by atoms with E-state index in [4.69, 9.17) is 5.10 Å². The number of carbonyl (C=O) groups excluding carboxylic acids is 2. The monoisotopic (exact) mass is 462 g/mol. The van der Waals surface area contributed by atoms with Crippen LogP contribution < -0.4 is 10.2 Å². The Morgan fingerprint density at radius 2 is 1.85 bits per heavy atom. The molecule has 7 heteroatoms. The highest BCUT2D eigenvalue weighted by atomic mass is 32.1. The third-order valence-electron chi connectivity index (χ3n) is 6.90. The summed E-state index contributed by atoms with van der Waals surface area (Å²) in [6, 6.07) is 13.8. The van der Waals surface area contributed by atoms with Gasteiger partial charge in [-0.15, -0.1) is 11.3 Å². The molecule has 33 heavy (non-hydrogen) atoms. The quantitative estimate of drug-likeness (QED) is 0.544. The van der Waals surface area contributed by atoms with Crippen LogP contribution in [0.25, 0.3) is 10.6 Å². The molecule has 0 unspecified atom stereocenters. The van der Waals surface area contributed by atoms with Crippen LogP contribution in [0.2, 0.25) is 0 Å². The van der Waals surface area contributed by atoms with Crippen LogP contribution in [0, 0.1) is 6.92 Å². The molecule has 1 aliphatic carbocycles. The fourth-order valence-corrected chi connectivity index (χ4v) is 5.67. The predicted molar refractivity (Wildman–Crippen MR) is 132 cm³/mol. The number of anilines is 1. The lowest BCUT2D eigenvalue weighted by molar-refractivity contribution is -0.127. The molecule has 6 nitrogen and oxygen atoms in total. The molecule has 0 bridgehead atoms. The second kappa shape index (κ2) is 8.78. The molecular weight excluding hydrogens is 432 g/mol. The number of fused-ring (bicyclic) bond motifs is 1. The Kier molecular flexibility index (Phi) is 5.83. The van der Waals surface area contributed by atoms with Crippen molar-refractivity contribution in [1.82, 2.24) is 15.1 Å². The van der Waals surface area contributed by atoms with Gasteiger partial charge in [0.2, 0.25) is 5.91 Å². The van der Waals surface area contributed by atoms with Crippen molar-refractivity contribution in [2.24, 2.45) is 0 Å². The minimum atomic E-state index is -1.08. The second-order valence-electron chi connectivity index (χ2n) is 9.46. The third kappa shape index (κ3) is 4.10. The summed E-state index contributed by atoms with van der Waals surface area (Å²) in [6.45, 7) is 4.19. The number of amides is 2. The highest BCUT2D eigenvalue weighted by molar-refractivity contribution is 7.13. The van der Waals surface area contributed by atoms with Crippen molar-refractivity contribution < 1.29 is 9.59 Å². The topological polar surface area (TPSA) is 67.2 Å². The standard InChI is InChI=1S/C26H30N4O2S/c1-18-11-13-20(14-12-18)30-24(31)22-16-21(23-10-7-15-33-23)28-29(22)17-26(30,2)25(32)27-19-8-5-3-4-6-9-19/h7,10-16,19H,3-6,8-9,17H2,1-2H3,(H,27,32)/t26-/m0/s1. The van der Waals surface area contributed by atoms with E-state index in [0.29, 0.717) is 12.2 Å². The molecule has 5 rings (SSSR count). The zero-order valence-electron chi connectivity index (χ0n) is 19.2. The summed E-state index contributed by atoms with van der Waals surface area (Å²) in [5, 5.41) is 10.0. The van der Waals surface area contributed by atoms with E-state index in [1.54, 1.807) is 20.9 Å². The minimum Gasteiger partial charge on any atom is -0.351 e. The van der Waals surface area contributed by atoms with Crippen molar-refractivity contribution in [3.05, 3.63) is 59.1 Å². The number of hydrogen-bond acceptors (Lipinski definition) is 4. The number of benzene rings is 1. The Morgan fingerprint density at radius 1 is 1.12 bits per heavy atom. The normalized spacial score (nSPS) is 21.5. The average Bonchev–Trinajstić information content (AvgIpc) is 3.40. The number of thiophene rings is 1. The molecule has 1 N–H and O–H groups in total. The molecule has 0 spiro atoms. The van der Waals surface area contributed by atoms with Crippen LogP contribution in [0.3, 0.4) is 0 Å². The van der Waals surface area contributed by atoms with Crippen molar-refractivity contribution >= 4 is 28.8 Å². The van der Waals surface area contributed by atoms with E-state index in [1.165, 1.54) is 12.8 Å². The van der Waals surface area contributed by atoms with Crippen LogP contribution in [-0.2, 0) is 11.3 Å². The van der Waals surface area contributed by atoms with Crippen LogP contribution in [0.4, 0.5) is 5.69 Å². The molecule has 2 aromatic heterocycles. The number of nitrogens with one attached hydrogen (secondary N) is 1. The molecule has 1 fully saturated rings. The maximum absolute atomic E-state index is 13.8. The van der Waals surface area contributed by atoms with Crippen LogP contribution in [0.15, 0.2) is 47.8 Å². The van der Waals surface area contributed by atoms with Gasteiger partial charge < -0.3 is 5.32 Å². The van der Waals surface area contributed by atoms with E-state index in [-0.39, 0.29) is 17.9 Å². The summed E-state index contributed by atoms with van der Waals surface area (Å²) >= 11 is 1.59. The molecular formula is C26H30N4O2S. The summed E-state index contributed by atoms with van der Waals surface area (Å²) in [7, 11) is 0. The van der Waals surface area contributed by atoms with Crippen molar-refractivity contribution in [3.8, 4) is 10.6 Å². The highest BCUT2D eigenvalue weighted by Crippen LogP contribution is 2.35. The Bertz CT molecular complexity index is 1140. The molecule has 2 amide bonds. The van der Waals surface area contributed by atoms with Crippen molar-refractivity contribution in [2.45, 2.75) is 70.5 Å². The van der Waals surface area contributed by atoms with Crippen molar-refractivity contribution in [2.75, 3.05) is 4.90 Å². The smallest absolute Gasteiger partial charge is 0.277 e. The van der Waals surface area contributed by atoms with Crippen LogP contribution in [-0.4, -0.2) is 33.2 Å². The molecule has 3 heterocycles. The van der Waals surface area contributed by atoms with Gasteiger partial charge in [0.15, 0.2) is 0 Å². The molecule has 1 atom stereocenters. The number of aromatic nitrogens is 2. The van der Waals surface area contributed by atoms with Gasteiger partial charge in [0.1, 0.15) is 16.9 Å². The zero-order valence-corrected chi connectivity index (χ0v) is 20.0. The molecule has 172 valence electrons. The summed E-state index contributed by atoms with van der Waals surface area (Å²) in [6.07, 6.45) is 6.71. The first-order chi connectivity index (χ1) is 16.0. The largest absolute Gasteiger partial charge is 0.351 e. The molecule has 2 aliphatic rings. The number of carbonyl (C=O) groups is 2. The fourth-order valence-electron chi connectivity index (χ4n) is 4.99. The van der Waals surface area contributed by atoms with E-state index >= 15 is 0 Å². The fraction of sp³-hybridized carbons (Fsp3) is 0.423. The second-order valence-corrected chi connectivity index (χ2v) is 10.4. The maximum Gasteiger partial charge on any atom is 0.277 e. The first-order valence-electron chi connectivity index (χ1n) is 11.8. The van der Waals surface area contributed by atoms with Gasteiger partial charge in [-0.2, -0.15) is 5.10 Å². The van der Waals surface area contributed by atoms with Crippen LogP contribution in [0.1, 0.15) is 61.5 Å². The SMILES string of the molecule is Cc1ccc(N2C(=O)c3cc(-c4cccs4)nn3C[C@@]2(C)C(=O)NC2CCCCCC2)cc1. The third-order valence-corrected chi connectivity index (χ3v) is 7.79. The van der Waals surface area contributed by atoms with Crippen molar-refractivity contribution in [3.63, 3.8) is 0 Å². The lowest BCUT2D eigenvalue weighted by Crippen LogP contribution is -2.65. The Balaban J connectivity index is 1.54. The first kappa shape index (κ1) is 21.9. The van der Waals surface area contributed by atoms with E-state index in [9.17, 15) is 9.59 Å². The van der Waals surface area contributed by atoms with Gasteiger partial charge in [-0.05, 0) is 56.3 Å². The van der Waals surface area contributed by atoms with Crippen LogP contribution in [0.5, 0.6) is 0 Å². The van der Waals surface area contributed by atoms with Gasteiger partial charge in [0.25, 0.3) is 5.91 Å². The van der Waals surface area contributed by atoms with Gasteiger partial charge >= 0.3 is 0 Å². The zero-order chi connectivity index (χ0) is 23.0. The maximum atomic E-state index is 13.8. The van der Waals surface area contributed by atoms with Crippen molar-refractivity contribution in [1.29, 1.82) is 0 Å². The van der Waals surface area contributed by atoms with Gasteiger partial charge in [-0.1, -0.05) is 49.4 Å². The van der Waals surface area contributed by atoms with Gasteiger partial charge in [0, 0.05) is 11.7 Å². The number of rotatable bonds is 4. The summed E-state index contributed by atoms with van der Waals surface area (Å²) < 4.78 is 1.72. The molecule has 1 aliphatic heterocycles. The summed E-state index contributed by atoms with van der Waals surface area (Å²) in [5.41, 5.74) is 2.04. The number of nitrogens with zero attached hydrogens (tertiary/aromatic N) is 3. The molecule has 3 aromatic rings. The van der Waals surface area contributed by atoms with E-state index in [1.807, 2.05) is 61.7 Å². The van der Waals surface area contributed by atoms with Gasteiger partial charge in [-0.25, -0.2) is 0 Å². The van der Waals surface area contributed by atoms with E-state index < -0.39 is 5.54 Å². The lowest BCUT2D eigenvalue weighted by atomic mass is 9.93. The first-order valence-corrected chi connectivity index (χ1v) is 12.7. The summed E-state index contributed by atoms with van der Waals surface area (Å²) in [4.78, 5) is 30.3. The summed E-state index contributed by atoms with van der Waals surface area (Å²) in [5.74, 6) is -0.305. The lowest BCUT2D eigenvalue weighted by Gasteiger charge is -2.43. The predicted octanol–water partition coefficient (Wildman–Crippen LogP) is 5.18. The van der Waals surface area contributed by atoms with Gasteiger partial charge in [0.05, 0.1) is 11.4 Å². The Labute approximate surface area is 198 Å². The van der Waals surface area contributed by atoms with Gasteiger partial charge in [-0.3, -0.25) is 19.2 Å². The molecule has 1 saturated carbocycles. The highest BCUT2D eigenvalue weighted by Gasteiger charge is 2.49. The molecule has 0 saturated heterocycles. The average molecular weight is 463 g/mol. The van der Waals surface area contributed by atoms with Crippen LogP contribution >= 0.6 is 11.3 Å². The number of aryl methyl sites for hydroxylation is 1. The van der Waals surface area contributed by atoms with E-state index in [2.05, 4.69) is 5.32 Å². The Morgan fingerprint density at radius 3 is 2.52 bits per heavy atom. The minimum absolute atomic E-state index is 0.109. The molecule has 1 aromatic carbocycles.